The lowest BCUT2D eigenvalue weighted by Gasteiger charge is -2.06. The van der Waals surface area contributed by atoms with Crippen molar-refractivity contribution in [1.29, 1.82) is 0 Å². The van der Waals surface area contributed by atoms with Crippen LogP contribution >= 0.6 is 0 Å². The number of carboxylic acids is 1. The summed E-state index contributed by atoms with van der Waals surface area (Å²) >= 11 is 0. The molecule has 0 unspecified atom stereocenters. The quantitative estimate of drug-likeness (QED) is 0.745. The first-order chi connectivity index (χ1) is 7.67. The maximum atomic E-state index is 10.6. The number of anilines is 1. The Morgan fingerprint density at radius 2 is 2.06 bits per heavy atom. The summed E-state index contributed by atoms with van der Waals surface area (Å²) in [6.45, 7) is 6.33. The predicted molar refractivity (Wildman–Crippen MR) is 65.8 cm³/mol. The van der Waals surface area contributed by atoms with Gasteiger partial charge in [0.15, 0.2) is 0 Å². The number of hydrogen-bond acceptors (Lipinski definition) is 2. The van der Waals surface area contributed by atoms with Crippen molar-refractivity contribution >= 4 is 11.7 Å². The van der Waals surface area contributed by atoms with Gasteiger partial charge in [0.05, 0.1) is 5.56 Å². The van der Waals surface area contributed by atoms with Crippen molar-refractivity contribution in [3.05, 3.63) is 54.1 Å². The van der Waals surface area contributed by atoms with Gasteiger partial charge in [-0.25, -0.2) is 4.79 Å². The molecule has 1 aromatic rings. The monoisotopic (exact) mass is 217 g/mol. The smallest absolute Gasteiger partial charge is 0.335 e. The fourth-order valence-electron chi connectivity index (χ4n) is 1.23. The summed E-state index contributed by atoms with van der Waals surface area (Å²) in [6.07, 6.45) is 3.77. The number of aromatic carboxylic acids is 1. The number of nitrogens with one attached hydrogen (secondary N) is 1. The number of carboxylic acid groups (broad SMARTS) is 1. The van der Waals surface area contributed by atoms with Gasteiger partial charge in [-0.15, -0.1) is 0 Å². The molecule has 0 fully saturated rings. The molecule has 0 saturated carbocycles. The molecular weight excluding hydrogens is 202 g/mol. The predicted octanol–water partition coefficient (Wildman–Crippen LogP) is 2.93. The highest BCUT2D eigenvalue weighted by atomic mass is 16.4. The van der Waals surface area contributed by atoms with Gasteiger partial charge in [-0.05, 0) is 36.8 Å². The van der Waals surface area contributed by atoms with E-state index in [4.69, 9.17) is 5.11 Å². The van der Waals surface area contributed by atoms with Gasteiger partial charge in [-0.3, -0.25) is 0 Å². The first-order valence-electron chi connectivity index (χ1n) is 5.02. The molecule has 0 aliphatic rings. The standard InChI is InChI=1S/C13H15NO2/c1-3-10(4-2)9-14-12-7-5-11(6-8-12)13(15)16/h3-8,14H,1,9H2,2H3,(H,15,16)/b10-4+. The Hall–Kier alpha value is -2.03. The van der Waals surface area contributed by atoms with Crippen LogP contribution in [0, 0.1) is 0 Å². The topological polar surface area (TPSA) is 49.3 Å². The van der Waals surface area contributed by atoms with Crippen molar-refractivity contribution in [2.45, 2.75) is 6.92 Å². The normalized spacial score (nSPS) is 10.9. The van der Waals surface area contributed by atoms with Crippen molar-refractivity contribution in [3.8, 4) is 0 Å². The van der Waals surface area contributed by atoms with E-state index in [1.54, 1.807) is 30.3 Å². The summed E-state index contributed by atoms with van der Waals surface area (Å²) in [5.74, 6) is -0.910. The maximum absolute atomic E-state index is 10.6. The molecule has 2 N–H and O–H groups in total. The second-order valence-electron chi connectivity index (χ2n) is 3.30. The highest BCUT2D eigenvalue weighted by Crippen LogP contribution is 2.10. The van der Waals surface area contributed by atoms with Crippen LogP contribution in [0.4, 0.5) is 5.69 Å². The van der Waals surface area contributed by atoms with Gasteiger partial charge >= 0.3 is 5.97 Å². The van der Waals surface area contributed by atoms with Crippen LogP contribution in [0.1, 0.15) is 17.3 Å². The summed E-state index contributed by atoms with van der Waals surface area (Å²) in [6, 6.07) is 6.65. The zero-order chi connectivity index (χ0) is 12.0. The molecule has 0 bridgehead atoms. The number of allylic oxidation sites excluding steroid dienone is 1. The third kappa shape index (κ3) is 3.28. The van der Waals surface area contributed by atoms with Crippen LogP contribution in [0.2, 0.25) is 0 Å². The van der Waals surface area contributed by atoms with Gasteiger partial charge in [0.2, 0.25) is 0 Å². The Balaban J connectivity index is 2.62. The molecule has 0 aliphatic carbocycles. The lowest BCUT2D eigenvalue weighted by Crippen LogP contribution is -2.03. The Morgan fingerprint density at radius 3 is 2.50 bits per heavy atom. The minimum Gasteiger partial charge on any atom is -0.478 e. The fraction of sp³-hybridized carbons (Fsp3) is 0.154. The zero-order valence-electron chi connectivity index (χ0n) is 9.23. The SMILES string of the molecule is C=C/C(=C\C)CNc1ccc(C(=O)O)cc1. The molecule has 84 valence electrons. The van der Waals surface area contributed by atoms with E-state index in [0.29, 0.717) is 12.1 Å². The van der Waals surface area contributed by atoms with Gasteiger partial charge in [-0.1, -0.05) is 18.7 Å². The minimum atomic E-state index is -0.910. The third-order valence-electron chi connectivity index (χ3n) is 2.26. The molecule has 3 nitrogen and oxygen atoms in total. The lowest BCUT2D eigenvalue weighted by atomic mass is 10.2. The summed E-state index contributed by atoms with van der Waals surface area (Å²) in [5.41, 5.74) is 2.29. The largest absolute Gasteiger partial charge is 0.478 e. The molecule has 0 heterocycles. The number of carbonyl (C=O) groups is 1. The average molecular weight is 217 g/mol. The van der Waals surface area contributed by atoms with E-state index < -0.39 is 5.97 Å². The van der Waals surface area contributed by atoms with E-state index in [-0.39, 0.29) is 0 Å². The second-order valence-corrected chi connectivity index (χ2v) is 3.30. The van der Waals surface area contributed by atoms with Crippen molar-refractivity contribution in [2.75, 3.05) is 11.9 Å². The number of rotatable bonds is 5. The van der Waals surface area contributed by atoms with Crippen molar-refractivity contribution in [2.24, 2.45) is 0 Å². The zero-order valence-corrected chi connectivity index (χ0v) is 9.23. The van der Waals surface area contributed by atoms with Crippen LogP contribution in [0.15, 0.2) is 48.6 Å². The molecular formula is C13H15NO2. The van der Waals surface area contributed by atoms with E-state index in [9.17, 15) is 4.79 Å². The van der Waals surface area contributed by atoms with Gasteiger partial charge < -0.3 is 10.4 Å². The molecule has 0 atom stereocenters. The van der Waals surface area contributed by atoms with Gasteiger partial charge in [-0.2, -0.15) is 0 Å². The van der Waals surface area contributed by atoms with Gasteiger partial charge in [0, 0.05) is 12.2 Å². The van der Waals surface area contributed by atoms with Gasteiger partial charge in [0.1, 0.15) is 0 Å². The molecule has 0 spiro atoms. The number of benzene rings is 1. The molecule has 0 radical (unpaired) electrons. The first kappa shape index (κ1) is 12.0. The van der Waals surface area contributed by atoms with Crippen LogP contribution in [0.5, 0.6) is 0 Å². The molecule has 1 aromatic carbocycles. The van der Waals surface area contributed by atoms with Crippen molar-refractivity contribution < 1.29 is 9.90 Å². The summed E-state index contributed by atoms with van der Waals surface area (Å²) in [5, 5.41) is 11.9. The first-order valence-corrected chi connectivity index (χ1v) is 5.02. The van der Waals surface area contributed by atoms with Crippen molar-refractivity contribution in [1.82, 2.24) is 0 Å². The fourth-order valence-corrected chi connectivity index (χ4v) is 1.23. The average Bonchev–Trinajstić information content (AvgIpc) is 2.31. The van der Waals surface area contributed by atoms with Crippen LogP contribution in [-0.2, 0) is 0 Å². The number of hydrogen-bond donors (Lipinski definition) is 2. The van der Waals surface area contributed by atoms with E-state index >= 15 is 0 Å². The van der Waals surface area contributed by atoms with E-state index in [1.165, 1.54) is 0 Å². The molecule has 0 saturated heterocycles. The summed E-state index contributed by atoms with van der Waals surface area (Å²) < 4.78 is 0. The van der Waals surface area contributed by atoms with Crippen molar-refractivity contribution in [3.63, 3.8) is 0 Å². The van der Waals surface area contributed by atoms with Gasteiger partial charge in [0.25, 0.3) is 0 Å². The van der Waals surface area contributed by atoms with E-state index in [2.05, 4.69) is 11.9 Å². The van der Waals surface area contributed by atoms with Crippen LogP contribution in [0.25, 0.3) is 0 Å². The Morgan fingerprint density at radius 1 is 1.44 bits per heavy atom. The summed E-state index contributed by atoms with van der Waals surface area (Å²) in [7, 11) is 0. The Kier molecular flexibility index (Phi) is 4.33. The Bertz CT molecular complexity index is 404. The third-order valence-corrected chi connectivity index (χ3v) is 2.26. The minimum absolute atomic E-state index is 0.292. The second kappa shape index (κ2) is 5.75. The van der Waals surface area contributed by atoms with E-state index in [0.717, 1.165) is 11.3 Å². The lowest BCUT2D eigenvalue weighted by molar-refractivity contribution is 0.0697. The molecule has 1 rings (SSSR count). The molecule has 0 amide bonds. The summed E-state index contributed by atoms with van der Waals surface area (Å²) in [4.78, 5) is 10.6. The van der Waals surface area contributed by atoms with Crippen LogP contribution in [0.3, 0.4) is 0 Å². The maximum Gasteiger partial charge on any atom is 0.335 e. The molecule has 0 aliphatic heterocycles. The Labute approximate surface area is 95.1 Å². The highest BCUT2D eigenvalue weighted by Gasteiger charge is 2.01. The van der Waals surface area contributed by atoms with Crippen LogP contribution < -0.4 is 5.32 Å². The molecule has 0 aromatic heterocycles. The highest BCUT2D eigenvalue weighted by molar-refractivity contribution is 5.87. The molecule has 16 heavy (non-hydrogen) atoms. The van der Waals surface area contributed by atoms with Crippen LogP contribution in [-0.4, -0.2) is 17.6 Å². The van der Waals surface area contributed by atoms with E-state index in [1.807, 2.05) is 13.0 Å². The molecule has 3 heteroatoms.